The van der Waals surface area contributed by atoms with Crippen molar-refractivity contribution in [3.8, 4) is 11.5 Å². The van der Waals surface area contributed by atoms with Crippen molar-refractivity contribution in [3.63, 3.8) is 0 Å². The summed E-state index contributed by atoms with van der Waals surface area (Å²) in [5.74, 6) is 1.58. The van der Waals surface area contributed by atoms with Crippen LogP contribution in [0.2, 0.25) is 0 Å². The van der Waals surface area contributed by atoms with Crippen LogP contribution in [0.15, 0.2) is 53.4 Å². The normalized spacial score (nSPS) is 15.1. The first-order valence-corrected chi connectivity index (χ1v) is 11.0. The molecule has 0 spiro atoms. The molecule has 2 aromatic rings. The van der Waals surface area contributed by atoms with Gasteiger partial charge in [0, 0.05) is 6.54 Å². The van der Waals surface area contributed by atoms with Crippen LogP contribution in [0.1, 0.15) is 18.1 Å². The molecule has 0 radical (unpaired) electrons. The Hall–Kier alpha value is -2.35. The molecule has 0 atom stereocenters. The predicted octanol–water partition coefficient (Wildman–Crippen LogP) is 4.69. The molecule has 0 unspecified atom stereocenters. The molecule has 0 aromatic heterocycles. The Labute approximate surface area is 187 Å². The third-order valence-electron chi connectivity index (χ3n) is 4.35. The summed E-state index contributed by atoms with van der Waals surface area (Å²) in [5.41, 5.74) is 2.10. The van der Waals surface area contributed by atoms with Gasteiger partial charge in [0.1, 0.15) is 29.0 Å². The summed E-state index contributed by atoms with van der Waals surface area (Å²) < 4.78 is 17.5. The number of ether oxygens (including phenoxy) is 3. The minimum Gasteiger partial charge on any atom is -0.491 e. The Morgan fingerprint density at radius 1 is 1.00 bits per heavy atom. The molecule has 2 aromatic carbocycles. The van der Waals surface area contributed by atoms with Crippen LogP contribution in [0.4, 0.5) is 0 Å². The van der Waals surface area contributed by atoms with Gasteiger partial charge in [0.2, 0.25) is 0 Å². The average molecular weight is 444 g/mol. The number of carbonyl (C=O) groups is 1. The molecule has 0 bridgehead atoms. The fourth-order valence-electron chi connectivity index (χ4n) is 2.83. The minimum atomic E-state index is -0.0312. The lowest BCUT2D eigenvalue weighted by molar-refractivity contribution is -0.121. The summed E-state index contributed by atoms with van der Waals surface area (Å²) in [5, 5.41) is 0. The van der Waals surface area contributed by atoms with Crippen LogP contribution in [0, 0.1) is 6.92 Å². The fourth-order valence-corrected chi connectivity index (χ4v) is 4.21. The number of aryl methyl sites for hydroxylation is 1. The highest BCUT2D eigenvalue weighted by Gasteiger charge is 2.30. The van der Waals surface area contributed by atoms with E-state index in [1.165, 1.54) is 17.3 Å². The number of benzene rings is 2. The zero-order chi connectivity index (χ0) is 21.3. The molecule has 158 valence electrons. The van der Waals surface area contributed by atoms with Gasteiger partial charge in [0.25, 0.3) is 5.91 Å². The number of thiocarbonyl (C=S) groups is 1. The molecule has 0 N–H and O–H groups in total. The zero-order valence-corrected chi connectivity index (χ0v) is 18.8. The fraction of sp³-hybridized carbons (Fsp3) is 0.304. The first-order valence-electron chi connectivity index (χ1n) is 9.82. The van der Waals surface area contributed by atoms with Crippen molar-refractivity contribution in [2.24, 2.45) is 0 Å². The second kappa shape index (κ2) is 11.2. The number of likely N-dealkylation sites (N-methyl/N-ethyl adjacent to an activating group) is 1. The molecule has 1 aliphatic rings. The first kappa shape index (κ1) is 22.3. The topological polar surface area (TPSA) is 48.0 Å². The van der Waals surface area contributed by atoms with E-state index in [0.717, 1.165) is 17.1 Å². The van der Waals surface area contributed by atoms with E-state index in [-0.39, 0.29) is 5.91 Å². The van der Waals surface area contributed by atoms with Gasteiger partial charge in [-0.25, -0.2) is 0 Å². The minimum absolute atomic E-state index is 0.0312. The average Bonchev–Trinajstić information content (AvgIpc) is 3.01. The molecule has 1 heterocycles. The van der Waals surface area contributed by atoms with Crippen molar-refractivity contribution < 1.29 is 19.0 Å². The van der Waals surface area contributed by atoms with Crippen LogP contribution in [0.5, 0.6) is 11.5 Å². The van der Waals surface area contributed by atoms with Gasteiger partial charge in [-0.1, -0.05) is 48.2 Å². The highest BCUT2D eigenvalue weighted by molar-refractivity contribution is 8.26. The molecule has 1 amide bonds. The van der Waals surface area contributed by atoms with E-state index in [4.69, 9.17) is 26.4 Å². The van der Waals surface area contributed by atoms with E-state index in [1.54, 1.807) is 4.90 Å². The molecule has 1 aliphatic heterocycles. The Balaban J connectivity index is 1.35. The monoisotopic (exact) mass is 443 g/mol. The van der Waals surface area contributed by atoms with Crippen molar-refractivity contribution in [2.45, 2.75) is 13.8 Å². The third-order valence-corrected chi connectivity index (χ3v) is 5.73. The van der Waals surface area contributed by atoms with Crippen LogP contribution in [0.3, 0.4) is 0 Å². The van der Waals surface area contributed by atoms with Gasteiger partial charge in [-0.05, 0) is 55.3 Å². The quantitative estimate of drug-likeness (QED) is 0.302. The maximum absolute atomic E-state index is 12.3. The van der Waals surface area contributed by atoms with Crippen molar-refractivity contribution in [1.29, 1.82) is 0 Å². The molecule has 30 heavy (non-hydrogen) atoms. The molecular formula is C23H25NO4S2. The molecule has 5 nitrogen and oxygen atoms in total. The molecule has 1 saturated heterocycles. The van der Waals surface area contributed by atoms with Gasteiger partial charge < -0.3 is 14.2 Å². The first-order chi connectivity index (χ1) is 14.6. The van der Waals surface area contributed by atoms with Crippen LogP contribution in [-0.2, 0) is 9.53 Å². The van der Waals surface area contributed by atoms with Gasteiger partial charge >= 0.3 is 0 Å². The van der Waals surface area contributed by atoms with Gasteiger partial charge in [0.15, 0.2) is 0 Å². The number of amides is 1. The highest BCUT2D eigenvalue weighted by atomic mass is 32.2. The number of nitrogens with zero attached hydrogens (tertiary/aromatic N) is 1. The van der Waals surface area contributed by atoms with Gasteiger partial charge in [-0.15, -0.1) is 0 Å². The Kier molecular flexibility index (Phi) is 8.30. The zero-order valence-electron chi connectivity index (χ0n) is 17.1. The van der Waals surface area contributed by atoms with Crippen molar-refractivity contribution >= 4 is 40.3 Å². The van der Waals surface area contributed by atoms with E-state index >= 15 is 0 Å². The summed E-state index contributed by atoms with van der Waals surface area (Å²) in [6, 6.07) is 15.5. The van der Waals surface area contributed by atoms with E-state index in [9.17, 15) is 4.79 Å². The Morgan fingerprint density at radius 2 is 1.70 bits per heavy atom. The molecule has 3 rings (SSSR count). The lowest BCUT2D eigenvalue weighted by Gasteiger charge is -2.09. The number of hydrogen-bond donors (Lipinski definition) is 0. The summed E-state index contributed by atoms with van der Waals surface area (Å²) in [6.07, 6.45) is 1.86. The molecule has 0 saturated carbocycles. The summed E-state index contributed by atoms with van der Waals surface area (Å²) in [7, 11) is 0. The lowest BCUT2D eigenvalue weighted by atomic mass is 10.2. The standard InChI is InChI=1S/C23H25NO4S2/c1-3-24-22(25)21(30-23(24)29)16-18-7-9-19(10-8-18)27-13-11-26-12-14-28-20-6-4-5-17(2)15-20/h4-10,15-16H,3,11-14H2,1-2H3/b21-16+. The lowest BCUT2D eigenvalue weighted by Crippen LogP contribution is -2.27. The third kappa shape index (κ3) is 6.32. The smallest absolute Gasteiger partial charge is 0.266 e. The van der Waals surface area contributed by atoms with E-state index in [0.29, 0.717) is 42.2 Å². The van der Waals surface area contributed by atoms with Crippen LogP contribution >= 0.6 is 24.0 Å². The summed E-state index contributed by atoms with van der Waals surface area (Å²) >= 11 is 6.57. The van der Waals surface area contributed by atoms with Gasteiger partial charge in [0.05, 0.1) is 18.1 Å². The van der Waals surface area contributed by atoms with Crippen LogP contribution < -0.4 is 9.47 Å². The SMILES string of the molecule is CCN1C(=O)/C(=C\c2ccc(OCCOCCOc3cccc(C)c3)cc2)SC1=S. The highest BCUT2D eigenvalue weighted by Crippen LogP contribution is 2.32. The molecule has 1 fully saturated rings. The second-order valence-corrected chi connectivity index (χ2v) is 8.30. The van der Waals surface area contributed by atoms with Gasteiger partial charge in [-0.2, -0.15) is 0 Å². The van der Waals surface area contributed by atoms with Crippen molar-refractivity contribution in [3.05, 3.63) is 64.6 Å². The number of hydrogen-bond acceptors (Lipinski definition) is 6. The van der Waals surface area contributed by atoms with Crippen molar-refractivity contribution in [2.75, 3.05) is 33.0 Å². The van der Waals surface area contributed by atoms with E-state index < -0.39 is 0 Å². The van der Waals surface area contributed by atoms with E-state index in [1.807, 2.05) is 68.5 Å². The number of rotatable bonds is 10. The summed E-state index contributed by atoms with van der Waals surface area (Å²) in [4.78, 5) is 14.5. The Bertz CT molecular complexity index is 912. The van der Waals surface area contributed by atoms with Crippen LogP contribution in [-0.4, -0.2) is 48.1 Å². The predicted molar refractivity (Wildman–Crippen MR) is 125 cm³/mol. The van der Waals surface area contributed by atoms with Crippen molar-refractivity contribution in [1.82, 2.24) is 4.90 Å². The number of thioether (sulfide) groups is 1. The van der Waals surface area contributed by atoms with Gasteiger partial charge in [-0.3, -0.25) is 9.69 Å². The Morgan fingerprint density at radius 3 is 2.33 bits per heavy atom. The maximum atomic E-state index is 12.3. The second-order valence-electron chi connectivity index (χ2n) is 6.62. The maximum Gasteiger partial charge on any atom is 0.266 e. The number of carbonyl (C=O) groups excluding carboxylic acids is 1. The molecule has 0 aliphatic carbocycles. The largest absolute Gasteiger partial charge is 0.491 e. The van der Waals surface area contributed by atoms with E-state index in [2.05, 4.69) is 0 Å². The molecule has 7 heteroatoms. The summed E-state index contributed by atoms with van der Waals surface area (Å²) in [6.45, 7) is 6.49. The van der Waals surface area contributed by atoms with Crippen LogP contribution in [0.25, 0.3) is 6.08 Å². The molecular weight excluding hydrogens is 418 g/mol.